The molecule has 1 aromatic heterocycles. The number of hydrogen-bond donors (Lipinski definition) is 1. The fourth-order valence-corrected chi connectivity index (χ4v) is 3.58. The van der Waals surface area contributed by atoms with Crippen LogP contribution in [0.2, 0.25) is 0 Å². The summed E-state index contributed by atoms with van der Waals surface area (Å²) in [5, 5.41) is 3.04. The Labute approximate surface area is 124 Å². The SMILES string of the molecule is CC(C)c1ccc2c(n1)C[C@@]1(C2)C(=O)Nc2ccccc21. The zero-order chi connectivity index (χ0) is 14.6. The largest absolute Gasteiger partial charge is 0.325 e. The van der Waals surface area contributed by atoms with Gasteiger partial charge in [0, 0.05) is 23.5 Å². The van der Waals surface area contributed by atoms with Crippen LogP contribution >= 0.6 is 0 Å². The predicted octanol–water partition coefficient (Wildman–Crippen LogP) is 3.19. The van der Waals surface area contributed by atoms with Gasteiger partial charge in [0.1, 0.15) is 0 Å². The number of anilines is 1. The molecule has 0 saturated carbocycles. The van der Waals surface area contributed by atoms with Crippen LogP contribution in [0.5, 0.6) is 0 Å². The molecule has 0 fully saturated rings. The molecular weight excluding hydrogens is 260 g/mol. The first-order chi connectivity index (χ1) is 10.1. The monoisotopic (exact) mass is 278 g/mol. The van der Waals surface area contributed by atoms with E-state index in [0.29, 0.717) is 12.3 Å². The van der Waals surface area contributed by atoms with Gasteiger partial charge in [-0.15, -0.1) is 0 Å². The Balaban J connectivity index is 1.81. The van der Waals surface area contributed by atoms with Crippen LogP contribution in [0.1, 0.15) is 42.3 Å². The number of nitrogens with zero attached hydrogens (tertiary/aromatic N) is 1. The number of pyridine rings is 1. The van der Waals surface area contributed by atoms with Crippen molar-refractivity contribution in [1.29, 1.82) is 0 Å². The minimum absolute atomic E-state index is 0.118. The van der Waals surface area contributed by atoms with Crippen molar-refractivity contribution in [2.24, 2.45) is 0 Å². The minimum atomic E-state index is -0.443. The van der Waals surface area contributed by atoms with Gasteiger partial charge in [-0.2, -0.15) is 0 Å². The molecule has 0 saturated heterocycles. The number of carbonyl (C=O) groups excluding carboxylic acids is 1. The second-order valence-corrected chi connectivity index (χ2v) is 6.43. The average molecular weight is 278 g/mol. The van der Waals surface area contributed by atoms with E-state index in [1.165, 1.54) is 5.56 Å². The highest BCUT2D eigenvalue weighted by Crippen LogP contribution is 2.46. The fourth-order valence-electron chi connectivity index (χ4n) is 3.58. The van der Waals surface area contributed by atoms with Crippen LogP contribution < -0.4 is 5.32 Å². The summed E-state index contributed by atoms with van der Waals surface area (Å²) in [7, 11) is 0. The molecule has 0 bridgehead atoms. The quantitative estimate of drug-likeness (QED) is 0.870. The minimum Gasteiger partial charge on any atom is -0.325 e. The standard InChI is InChI=1S/C18H18N2O/c1-11(2)14-8-7-12-9-18(10-16(12)19-14)13-5-3-4-6-15(13)20-17(18)21/h3-8,11H,9-10H2,1-2H3,(H,20,21)/t18-/m1/s1. The number of aromatic nitrogens is 1. The van der Waals surface area contributed by atoms with E-state index in [1.54, 1.807) is 0 Å². The van der Waals surface area contributed by atoms with Gasteiger partial charge in [-0.1, -0.05) is 38.1 Å². The van der Waals surface area contributed by atoms with Gasteiger partial charge in [-0.3, -0.25) is 9.78 Å². The van der Waals surface area contributed by atoms with Crippen molar-refractivity contribution in [1.82, 2.24) is 4.98 Å². The highest BCUT2D eigenvalue weighted by Gasteiger charge is 2.50. The van der Waals surface area contributed by atoms with Gasteiger partial charge in [-0.25, -0.2) is 0 Å². The maximum atomic E-state index is 12.6. The summed E-state index contributed by atoms with van der Waals surface area (Å²) in [5.41, 5.74) is 5.05. The number of hydrogen-bond acceptors (Lipinski definition) is 2. The van der Waals surface area contributed by atoms with Crippen LogP contribution in [-0.2, 0) is 23.1 Å². The van der Waals surface area contributed by atoms with Gasteiger partial charge in [0.15, 0.2) is 0 Å². The van der Waals surface area contributed by atoms with Gasteiger partial charge in [-0.05, 0) is 35.6 Å². The third-order valence-corrected chi connectivity index (χ3v) is 4.77. The highest BCUT2D eigenvalue weighted by atomic mass is 16.2. The van der Waals surface area contributed by atoms with Crippen molar-refractivity contribution in [3.05, 3.63) is 58.9 Å². The van der Waals surface area contributed by atoms with Crippen molar-refractivity contribution in [3.8, 4) is 0 Å². The van der Waals surface area contributed by atoms with Gasteiger partial charge in [0.2, 0.25) is 5.91 Å². The van der Waals surface area contributed by atoms with Crippen LogP contribution in [0, 0.1) is 0 Å². The molecule has 4 rings (SSSR count). The van der Waals surface area contributed by atoms with E-state index in [-0.39, 0.29) is 5.91 Å². The molecule has 1 aliphatic heterocycles. The first-order valence-electron chi connectivity index (χ1n) is 7.50. The van der Waals surface area contributed by atoms with Crippen molar-refractivity contribution >= 4 is 11.6 Å². The normalized spacial score (nSPS) is 22.5. The maximum absolute atomic E-state index is 12.6. The summed E-state index contributed by atoms with van der Waals surface area (Å²) in [6.07, 6.45) is 1.47. The van der Waals surface area contributed by atoms with E-state index in [2.05, 4.69) is 37.4 Å². The van der Waals surface area contributed by atoms with Crippen LogP contribution in [0.25, 0.3) is 0 Å². The summed E-state index contributed by atoms with van der Waals surface area (Å²) >= 11 is 0. The third-order valence-electron chi connectivity index (χ3n) is 4.77. The van der Waals surface area contributed by atoms with E-state index in [4.69, 9.17) is 4.98 Å². The molecule has 2 aromatic rings. The summed E-state index contributed by atoms with van der Waals surface area (Å²) < 4.78 is 0. The molecule has 0 unspecified atom stereocenters. The van der Waals surface area contributed by atoms with Crippen molar-refractivity contribution in [3.63, 3.8) is 0 Å². The number of para-hydroxylation sites is 1. The van der Waals surface area contributed by atoms with Crippen LogP contribution in [0.3, 0.4) is 0 Å². The molecule has 1 atom stereocenters. The number of nitrogens with one attached hydrogen (secondary N) is 1. The third kappa shape index (κ3) is 1.67. The van der Waals surface area contributed by atoms with Gasteiger partial charge >= 0.3 is 0 Å². The Hall–Kier alpha value is -2.16. The molecule has 2 aliphatic rings. The summed E-state index contributed by atoms with van der Waals surface area (Å²) in [6, 6.07) is 12.3. The lowest BCUT2D eigenvalue weighted by Gasteiger charge is -2.20. The number of benzene rings is 1. The van der Waals surface area contributed by atoms with Gasteiger partial charge in [0.05, 0.1) is 5.41 Å². The zero-order valence-electron chi connectivity index (χ0n) is 12.3. The molecule has 2 heterocycles. The Morgan fingerprint density at radius 1 is 1.14 bits per heavy atom. The summed E-state index contributed by atoms with van der Waals surface area (Å²) in [5.74, 6) is 0.532. The Morgan fingerprint density at radius 3 is 2.76 bits per heavy atom. The van der Waals surface area contributed by atoms with Crippen LogP contribution in [0.4, 0.5) is 5.69 Å². The van der Waals surface area contributed by atoms with E-state index >= 15 is 0 Å². The smallest absolute Gasteiger partial charge is 0.235 e. The van der Waals surface area contributed by atoms with Gasteiger partial charge < -0.3 is 5.32 Å². The number of carbonyl (C=O) groups is 1. The Morgan fingerprint density at radius 2 is 1.95 bits per heavy atom. The van der Waals surface area contributed by atoms with E-state index < -0.39 is 5.41 Å². The van der Waals surface area contributed by atoms with Crippen molar-refractivity contribution in [2.75, 3.05) is 5.32 Å². The number of amides is 1. The number of fused-ring (bicyclic) bond motifs is 3. The summed E-state index contributed by atoms with van der Waals surface area (Å²) in [6.45, 7) is 4.30. The van der Waals surface area contributed by atoms with Crippen molar-refractivity contribution < 1.29 is 4.79 Å². The highest BCUT2D eigenvalue weighted by molar-refractivity contribution is 6.07. The summed E-state index contributed by atoms with van der Waals surface area (Å²) in [4.78, 5) is 17.4. The second kappa shape index (κ2) is 4.17. The molecule has 3 heteroatoms. The molecule has 1 amide bonds. The van der Waals surface area contributed by atoms with Gasteiger partial charge in [0.25, 0.3) is 0 Å². The van der Waals surface area contributed by atoms with E-state index in [0.717, 1.165) is 29.1 Å². The fraction of sp³-hybridized carbons (Fsp3) is 0.333. The maximum Gasteiger partial charge on any atom is 0.235 e. The lowest BCUT2D eigenvalue weighted by Crippen LogP contribution is -2.35. The lowest BCUT2D eigenvalue weighted by molar-refractivity contribution is -0.120. The molecule has 1 aliphatic carbocycles. The number of rotatable bonds is 1. The lowest BCUT2D eigenvalue weighted by atomic mass is 9.79. The first-order valence-corrected chi connectivity index (χ1v) is 7.50. The molecule has 106 valence electrons. The topological polar surface area (TPSA) is 42.0 Å². The second-order valence-electron chi connectivity index (χ2n) is 6.43. The molecule has 3 nitrogen and oxygen atoms in total. The van der Waals surface area contributed by atoms with E-state index in [9.17, 15) is 4.79 Å². The Bertz CT molecular complexity index is 751. The first kappa shape index (κ1) is 12.6. The zero-order valence-corrected chi connectivity index (χ0v) is 12.3. The molecule has 21 heavy (non-hydrogen) atoms. The molecule has 0 radical (unpaired) electrons. The predicted molar refractivity (Wildman–Crippen MR) is 82.5 cm³/mol. The molecule has 1 N–H and O–H groups in total. The van der Waals surface area contributed by atoms with E-state index in [1.807, 2.05) is 18.2 Å². The van der Waals surface area contributed by atoms with Crippen LogP contribution in [0.15, 0.2) is 36.4 Å². The van der Waals surface area contributed by atoms with Crippen molar-refractivity contribution in [2.45, 2.75) is 38.0 Å². The Kier molecular flexibility index (Phi) is 2.49. The van der Waals surface area contributed by atoms with Crippen LogP contribution in [-0.4, -0.2) is 10.9 Å². The molecular formula is C18H18N2O. The molecule has 1 aromatic carbocycles. The molecule has 1 spiro atoms. The average Bonchev–Trinajstić information content (AvgIpc) is 2.98.